The molecule has 0 spiro atoms. The van der Waals surface area contributed by atoms with Crippen LogP contribution < -0.4 is 0 Å². The highest BCUT2D eigenvalue weighted by molar-refractivity contribution is 5.34. The van der Waals surface area contributed by atoms with Gasteiger partial charge in [-0.2, -0.15) is 0 Å². The quantitative estimate of drug-likeness (QED) is 0.899. The minimum atomic E-state index is -0.231. The van der Waals surface area contributed by atoms with Crippen LogP contribution in [-0.4, -0.2) is 35.7 Å². The Morgan fingerprint density at radius 2 is 2.25 bits per heavy atom. The molecule has 1 saturated heterocycles. The third-order valence-electron chi connectivity index (χ3n) is 5.00. The molecule has 1 aromatic rings. The van der Waals surface area contributed by atoms with Crippen LogP contribution in [0.3, 0.4) is 0 Å². The van der Waals surface area contributed by atoms with Crippen molar-refractivity contribution in [1.29, 1.82) is 0 Å². The van der Waals surface area contributed by atoms with Gasteiger partial charge in [0.1, 0.15) is 11.4 Å². The Balaban J connectivity index is 2.03. The van der Waals surface area contributed by atoms with E-state index in [2.05, 4.69) is 24.9 Å². The molecule has 2 unspecified atom stereocenters. The van der Waals surface area contributed by atoms with Crippen LogP contribution in [-0.2, 0) is 10.3 Å². The molecule has 1 aliphatic carbocycles. The van der Waals surface area contributed by atoms with Gasteiger partial charge in [-0.3, -0.25) is 4.90 Å². The molecule has 2 aliphatic rings. The largest absolute Gasteiger partial charge is 0.508 e. The number of nitrogens with zero attached hydrogens (tertiary/aromatic N) is 1. The molecule has 0 radical (unpaired) electrons. The number of morpholine rings is 1. The van der Waals surface area contributed by atoms with Gasteiger partial charge in [0.15, 0.2) is 0 Å². The van der Waals surface area contributed by atoms with E-state index in [1.165, 1.54) is 19.3 Å². The summed E-state index contributed by atoms with van der Waals surface area (Å²) in [7, 11) is 2.22. The molecule has 2 fully saturated rings. The molecule has 20 heavy (non-hydrogen) atoms. The Hall–Kier alpha value is -1.06. The third-order valence-corrected chi connectivity index (χ3v) is 5.00. The molecule has 0 amide bonds. The van der Waals surface area contributed by atoms with Crippen LogP contribution in [0, 0.1) is 0 Å². The van der Waals surface area contributed by atoms with Crippen LogP contribution >= 0.6 is 0 Å². The molecular formula is C17H25NO2. The fourth-order valence-electron chi connectivity index (χ4n) is 4.01. The molecule has 3 rings (SSSR count). The lowest BCUT2D eigenvalue weighted by Gasteiger charge is -2.54. The van der Waals surface area contributed by atoms with Gasteiger partial charge in [0.2, 0.25) is 0 Å². The van der Waals surface area contributed by atoms with E-state index in [1.807, 2.05) is 12.1 Å². The molecule has 3 atom stereocenters. The van der Waals surface area contributed by atoms with Crippen LogP contribution in [0.5, 0.6) is 5.75 Å². The third kappa shape index (κ3) is 2.23. The lowest BCUT2D eigenvalue weighted by molar-refractivity contribution is -0.204. The smallest absolute Gasteiger partial charge is 0.115 e. The molecule has 0 bridgehead atoms. The first-order chi connectivity index (χ1) is 9.65. The summed E-state index contributed by atoms with van der Waals surface area (Å²) < 4.78 is 6.59. The van der Waals surface area contributed by atoms with Crippen molar-refractivity contribution < 1.29 is 9.84 Å². The lowest BCUT2D eigenvalue weighted by Crippen LogP contribution is -2.60. The molecule has 110 valence electrons. The normalized spacial score (nSPS) is 34.7. The van der Waals surface area contributed by atoms with E-state index in [4.69, 9.17) is 4.74 Å². The summed E-state index contributed by atoms with van der Waals surface area (Å²) in [5, 5.41) is 9.85. The molecule has 1 saturated carbocycles. The van der Waals surface area contributed by atoms with E-state index < -0.39 is 0 Å². The van der Waals surface area contributed by atoms with Gasteiger partial charge in [-0.05, 0) is 44.0 Å². The van der Waals surface area contributed by atoms with Crippen molar-refractivity contribution in [3.05, 3.63) is 29.8 Å². The van der Waals surface area contributed by atoms with Crippen molar-refractivity contribution in [2.45, 2.75) is 56.8 Å². The van der Waals surface area contributed by atoms with E-state index in [0.29, 0.717) is 11.8 Å². The Bertz CT molecular complexity index is 476. The van der Waals surface area contributed by atoms with Gasteiger partial charge in [-0.15, -0.1) is 0 Å². The van der Waals surface area contributed by atoms with Gasteiger partial charge in [-0.1, -0.05) is 31.9 Å². The topological polar surface area (TPSA) is 32.7 Å². The highest BCUT2D eigenvalue weighted by Gasteiger charge is 2.49. The maximum atomic E-state index is 9.85. The average molecular weight is 275 g/mol. The molecule has 3 nitrogen and oxygen atoms in total. The van der Waals surface area contributed by atoms with Gasteiger partial charge in [-0.25, -0.2) is 0 Å². The van der Waals surface area contributed by atoms with Crippen LogP contribution in [0.25, 0.3) is 0 Å². The summed E-state index contributed by atoms with van der Waals surface area (Å²) in [6.45, 7) is 3.21. The Kier molecular flexibility index (Phi) is 3.74. The SMILES string of the molecule is CCC1CN(C)C2CCCC[C@@]2(c2cccc(O)c2)O1. The fourth-order valence-corrected chi connectivity index (χ4v) is 4.01. The maximum absolute atomic E-state index is 9.85. The van der Waals surface area contributed by atoms with Crippen LogP contribution in [0.15, 0.2) is 24.3 Å². The van der Waals surface area contributed by atoms with Crippen molar-refractivity contribution >= 4 is 0 Å². The van der Waals surface area contributed by atoms with Crippen molar-refractivity contribution in [2.75, 3.05) is 13.6 Å². The van der Waals surface area contributed by atoms with Crippen LogP contribution in [0.4, 0.5) is 0 Å². The lowest BCUT2D eigenvalue weighted by atomic mass is 9.73. The molecular weight excluding hydrogens is 250 g/mol. The summed E-state index contributed by atoms with van der Waals surface area (Å²) in [5.74, 6) is 0.339. The molecule has 1 aromatic carbocycles. The van der Waals surface area contributed by atoms with Gasteiger partial charge in [0, 0.05) is 12.6 Å². The molecule has 3 heteroatoms. The van der Waals surface area contributed by atoms with Gasteiger partial charge in [0.25, 0.3) is 0 Å². The standard InChI is InChI=1S/C17H25NO2/c1-3-15-12-18(2)16-9-4-5-10-17(16,20-15)13-7-6-8-14(19)11-13/h6-8,11,15-16,19H,3-5,9-10,12H2,1-2H3/t15?,16?,17-/m0/s1. The average Bonchev–Trinajstić information content (AvgIpc) is 2.47. The first-order valence-corrected chi connectivity index (χ1v) is 7.83. The Labute approximate surface area is 121 Å². The van der Waals surface area contributed by atoms with E-state index >= 15 is 0 Å². The second-order valence-corrected chi connectivity index (χ2v) is 6.29. The first-order valence-electron chi connectivity index (χ1n) is 7.83. The highest BCUT2D eigenvalue weighted by Crippen LogP contribution is 2.47. The van der Waals surface area contributed by atoms with Gasteiger partial charge < -0.3 is 9.84 Å². The minimum absolute atomic E-state index is 0.231. The number of phenols is 1. The summed E-state index contributed by atoms with van der Waals surface area (Å²) in [6.07, 6.45) is 6.05. The van der Waals surface area contributed by atoms with E-state index in [9.17, 15) is 5.11 Å². The number of fused-ring (bicyclic) bond motifs is 1. The number of hydrogen-bond donors (Lipinski definition) is 1. The van der Waals surface area contributed by atoms with Crippen LogP contribution in [0.2, 0.25) is 0 Å². The minimum Gasteiger partial charge on any atom is -0.508 e. The number of aromatic hydroxyl groups is 1. The molecule has 1 heterocycles. The summed E-state index contributed by atoms with van der Waals surface area (Å²) >= 11 is 0. The number of phenolic OH excluding ortho intramolecular Hbond substituents is 1. The maximum Gasteiger partial charge on any atom is 0.115 e. The van der Waals surface area contributed by atoms with Crippen molar-refractivity contribution in [2.24, 2.45) is 0 Å². The molecule has 1 N–H and O–H groups in total. The zero-order valence-electron chi connectivity index (χ0n) is 12.5. The van der Waals surface area contributed by atoms with Crippen molar-refractivity contribution in [3.63, 3.8) is 0 Å². The zero-order valence-corrected chi connectivity index (χ0v) is 12.5. The predicted molar refractivity (Wildman–Crippen MR) is 79.8 cm³/mol. The highest BCUT2D eigenvalue weighted by atomic mass is 16.5. The number of rotatable bonds is 2. The van der Waals surface area contributed by atoms with Crippen molar-refractivity contribution in [1.82, 2.24) is 4.90 Å². The summed E-state index contributed by atoms with van der Waals surface area (Å²) in [5.41, 5.74) is 0.914. The van der Waals surface area contributed by atoms with Crippen LogP contribution in [0.1, 0.15) is 44.6 Å². The fraction of sp³-hybridized carbons (Fsp3) is 0.647. The second kappa shape index (κ2) is 5.38. The molecule has 1 aliphatic heterocycles. The Morgan fingerprint density at radius 1 is 1.40 bits per heavy atom. The monoisotopic (exact) mass is 275 g/mol. The second-order valence-electron chi connectivity index (χ2n) is 6.29. The number of ether oxygens (including phenoxy) is 1. The number of likely N-dealkylation sites (N-methyl/N-ethyl adjacent to an activating group) is 1. The number of hydrogen-bond acceptors (Lipinski definition) is 3. The van der Waals surface area contributed by atoms with E-state index in [-0.39, 0.29) is 11.7 Å². The van der Waals surface area contributed by atoms with E-state index in [0.717, 1.165) is 24.9 Å². The van der Waals surface area contributed by atoms with Gasteiger partial charge in [0.05, 0.1) is 6.10 Å². The zero-order chi connectivity index (χ0) is 14.2. The predicted octanol–water partition coefficient (Wildman–Crippen LogP) is 3.27. The summed E-state index contributed by atoms with van der Waals surface area (Å²) in [4.78, 5) is 2.47. The number of benzene rings is 1. The van der Waals surface area contributed by atoms with Crippen molar-refractivity contribution in [3.8, 4) is 5.75 Å². The van der Waals surface area contributed by atoms with E-state index in [1.54, 1.807) is 6.07 Å². The van der Waals surface area contributed by atoms with Gasteiger partial charge >= 0.3 is 0 Å². The molecule has 0 aromatic heterocycles. The Morgan fingerprint density at radius 3 is 3.00 bits per heavy atom. The first kappa shape index (κ1) is 13.9. The summed E-state index contributed by atoms with van der Waals surface area (Å²) in [6, 6.07) is 8.11.